The molecule has 3 aromatic rings. The van der Waals surface area contributed by atoms with Gasteiger partial charge < -0.3 is 5.32 Å². The second-order valence-corrected chi connectivity index (χ2v) is 5.44. The minimum absolute atomic E-state index is 0.749. The molecule has 2 N–H and O–H groups in total. The summed E-state index contributed by atoms with van der Waals surface area (Å²) in [7, 11) is 0. The van der Waals surface area contributed by atoms with Crippen molar-refractivity contribution < 1.29 is 0 Å². The Balaban J connectivity index is 1.70. The van der Waals surface area contributed by atoms with Crippen molar-refractivity contribution in [1.82, 2.24) is 20.2 Å². The number of H-pyrrole nitrogens is 1. The van der Waals surface area contributed by atoms with E-state index in [-0.39, 0.29) is 0 Å². The topological polar surface area (TPSA) is 66.5 Å². The number of hydrogen-bond donors (Lipinski definition) is 2. The zero-order valence-corrected chi connectivity index (χ0v) is 13.1. The molecular formula is C15H14BrN5. The molecule has 5 nitrogen and oxygen atoms in total. The molecule has 0 unspecified atom stereocenters. The standard InChI is InChI=1S/C15H14BrN5/c1-10-14(16)13(6-7-17-10)18-8-11-2-4-12(5-3-11)15-19-9-20-21-15/h2-7,9H,8H2,1H3,(H,17,18)(H,19,20,21). The first kappa shape index (κ1) is 13.8. The van der Waals surface area contributed by atoms with Crippen LogP contribution >= 0.6 is 15.9 Å². The molecule has 0 saturated heterocycles. The van der Waals surface area contributed by atoms with Gasteiger partial charge in [0.1, 0.15) is 6.33 Å². The van der Waals surface area contributed by atoms with Crippen LogP contribution in [0.15, 0.2) is 47.3 Å². The van der Waals surface area contributed by atoms with Crippen LogP contribution in [-0.4, -0.2) is 20.2 Å². The first-order chi connectivity index (χ1) is 10.2. The van der Waals surface area contributed by atoms with Crippen LogP contribution in [0.25, 0.3) is 11.4 Å². The number of hydrogen-bond acceptors (Lipinski definition) is 4. The lowest BCUT2D eigenvalue weighted by atomic mass is 10.1. The number of aryl methyl sites for hydroxylation is 1. The van der Waals surface area contributed by atoms with Crippen LogP contribution in [0.5, 0.6) is 0 Å². The molecule has 2 aromatic heterocycles. The zero-order chi connectivity index (χ0) is 14.7. The van der Waals surface area contributed by atoms with Crippen molar-refractivity contribution in [3.05, 3.63) is 58.6 Å². The van der Waals surface area contributed by atoms with Gasteiger partial charge in [-0.2, -0.15) is 5.10 Å². The quantitative estimate of drug-likeness (QED) is 0.760. The number of rotatable bonds is 4. The Labute approximate surface area is 131 Å². The van der Waals surface area contributed by atoms with Crippen molar-refractivity contribution in [2.24, 2.45) is 0 Å². The summed E-state index contributed by atoms with van der Waals surface area (Å²) < 4.78 is 1.00. The van der Waals surface area contributed by atoms with Crippen LogP contribution in [0.1, 0.15) is 11.3 Å². The molecule has 0 radical (unpaired) electrons. The van der Waals surface area contributed by atoms with E-state index in [1.165, 1.54) is 11.9 Å². The molecule has 6 heteroatoms. The van der Waals surface area contributed by atoms with Crippen LogP contribution in [0.3, 0.4) is 0 Å². The van der Waals surface area contributed by atoms with Gasteiger partial charge in [-0.1, -0.05) is 24.3 Å². The Morgan fingerprint density at radius 2 is 1.95 bits per heavy atom. The fraction of sp³-hybridized carbons (Fsp3) is 0.133. The average Bonchev–Trinajstić information content (AvgIpc) is 3.04. The molecule has 0 aliphatic heterocycles. The predicted octanol–water partition coefficient (Wildman–Crippen LogP) is 3.55. The third-order valence-electron chi connectivity index (χ3n) is 3.19. The van der Waals surface area contributed by atoms with Crippen molar-refractivity contribution in [1.29, 1.82) is 0 Å². The minimum Gasteiger partial charge on any atom is -0.380 e. The van der Waals surface area contributed by atoms with Gasteiger partial charge in [0.05, 0.1) is 15.9 Å². The van der Waals surface area contributed by atoms with Crippen molar-refractivity contribution in [2.75, 3.05) is 5.32 Å². The van der Waals surface area contributed by atoms with E-state index in [1.54, 1.807) is 6.20 Å². The van der Waals surface area contributed by atoms with Crippen molar-refractivity contribution in [3.8, 4) is 11.4 Å². The number of nitrogens with zero attached hydrogens (tertiary/aromatic N) is 3. The largest absolute Gasteiger partial charge is 0.380 e. The lowest BCUT2D eigenvalue weighted by Gasteiger charge is -2.10. The van der Waals surface area contributed by atoms with E-state index in [0.717, 1.165) is 33.8 Å². The molecule has 0 saturated carbocycles. The van der Waals surface area contributed by atoms with Crippen LogP contribution in [0.4, 0.5) is 5.69 Å². The fourth-order valence-electron chi connectivity index (χ4n) is 2.01. The van der Waals surface area contributed by atoms with Gasteiger partial charge in [0, 0.05) is 18.3 Å². The van der Waals surface area contributed by atoms with Crippen molar-refractivity contribution in [3.63, 3.8) is 0 Å². The van der Waals surface area contributed by atoms with E-state index in [0.29, 0.717) is 0 Å². The highest BCUT2D eigenvalue weighted by atomic mass is 79.9. The highest BCUT2D eigenvalue weighted by molar-refractivity contribution is 9.10. The summed E-state index contributed by atoms with van der Waals surface area (Å²) in [5.74, 6) is 0.780. The van der Waals surface area contributed by atoms with Gasteiger partial charge in [0.15, 0.2) is 5.82 Å². The summed E-state index contributed by atoms with van der Waals surface area (Å²) >= 11 is 3.55. The number of anilines is 1. The van der Waals surface area contributed by atoms with Crippen molar-refractivity contribution >= 4 is 21.6 Å². The predicted molar refractivity (Wildman–Crippen MR) is 85.8 cm³/mol. The van der Waals surface area contributed by atoms with E-state index in [4.69, 9.17) is 0 Å². The number of aromatic amines is 1. The molecule has 21 heavy (non-hydrogen) atoms. The van der Waals surface area contributed by atoms with Gasteiger partial charge in [-0.3, -0.25) is 10.1 Å². The molecule has 3 rings (SSSR count). The SMILES string of the molecule is Cc1nccc(NCc2ccc(-c3ncn[nH]3)cc2)c1Br. The first-order valence-electron chi connectivity index (χ1n) is 6.53. The summed E-state index contributed by atoms with van der Waals surface area (Å²) in [5, 5.41) is 10.1. The summed E-state index contributed by atoms with van der Waals surface area (Å²) in [5.41, 5.74) is 4.24. The van der Waals surface area contributed by atoms with E-state index >= 15 is 0 Å². The number of benzene rings is 1. The van der Waals surface area contributed by atoms with Gasteiger partial charge in [-0.15, -0.1) is 0 Å². The minimum atomic E-state index is 0.749. The van der Waals surface area contributed by atoms with Gasteiger partial charge in [-0.05, 0) is 34.5 Å². The molecule has 1 aromatic carbocycles. The Kier molecular flexibility index (Phi) is 3.96. The number of halogens is 1. The lowest BCUT2D eigenvalue weighted by molar-refractivity contribution is 1.09. The van der Waals surface area contributed by atoms with Crippen LogP contribution in [0.2, 0.25) is 0 Å². The molecular weight excluding hydrogens is 330 g/mol. The number of nitrogens with one attached hydrogen (secondary N) is 2. The molecule has 0 spiro atoms. The first-order valence-corrected chi connectivity index (χ1v) is 7.33. The summed E-state index contributed by atoms with van der Waals surface area (Å²) in [6.45, 7) is 2.72. The Bertz CT molecular complexity index is 722. The summed E-state index contributed by atoms with van der Waals surface area (Å²) in [6, 6.07) is 10.2. The fourth-order valence-corrected chi connectivity index (χ4v) is 2.38. The maximum Gasteiger partial charge on any atom is 0.155 e. The third-order valence-corrected chi connectivity index (χ3v) is 4.19. The zero-order valence-electron chi connectivity index (χ0n) is 11.5. The monoisotopic (exact) mass is 343 g/mol. The van der Waals surface area contributed by atoms with E-state index < -0.39 is 0 Å². The second-order valence-electron chi connectivity index (χ2n) is 4.64. The van der Waals surface area contributed by atoms with E-state index in [1.807, 2.05) is 25.1 Å². The smallest absolute Gasteiger partial charge is 0.155 e. The normalized spacial score (nSPS) is 10.6. The summed E-state index contributed by atoms with van der Waals surface area (Å²) in [6.07, 6.45) is 3.31. The molecule has 0 amide bonds. The second kappa shape index (κ2) is 6.05. The Morgan fingerprint density at radius 1 is 1.14 bits per heavy atom. The molecule has 0 aliphatic rings. The average molecular weight is 344 g/mol. The molecule has 0 bridgehead atoms. The highest BCUT2D eigenvalue weighted by Crippen LogP contribution is 2.24. The van der Waals surface area contributed by atoms with E-state index in [2.05, 4.69) is 53.5 Å². The number of pyridine rings is 1. The van der Waals surface area contributed by atoms with Crippen molar-refractivity contribution in [2.45, 2.75) is 13.5 Å². The molecule has 0 aliphatic carbocycles. The Morgan fingerprint density at radius 3 is 2.67 bits per heavy atom. The maximum absolute atomic E-state index is 4.23. The van der Waals surface area contributed by atoms with Gasteiger partial charge >= 0.3 is 0 Å². The van der Waals surface area contributed by atoms with Crippen LogP contribution in [0, 0.1) is 6.92 Å². The summed E-state index contributed by atoms with van der Waals surface area (Å²) in [4.78, 5) is 8.37. The molecule has 0 atom stereocenters. The Hall–Kier alpha value is -2.21. The molecule has 2 heterocycles. The van der Waals surface area contributed by atoms with Gasteiger partial charge in [-0.25, -0.2) is 4.98 Å². The number of aromatic nitrogens is 4. The molecule has 106 valence electrons. The van der Waals surface area contributed by atoms with Crippen LogP contribution in [-0.2, 0) is 6.54 Å². The van der Waals surface area contributed by atoms with E-state index in [9.17, 15) is 0 Å². The van der Waals surface area contributed by atoms with Crippen LogP contribution < -0.4 is 5.32 Å². The lowest BCUT2D eigenvalue weighted by Crippen LogP contribution is -2.01. The maximum atomic E-state index is 4.23. The highest BCUT2D eigenvalue weighted by Gasteiger charge is 2.04. The van der Waals surface area contributed by atoms with Gasteiger partial charge in [0.25, 0.3) is 0 Å². The third kappa shape index (κ3) is 3.11. The molecule has 0 fully saturated rings. The van der Waals surface area contributed by atoms with Gasteiger partial charge in [0.2, 0.25) is 0 Å².